The fourth-order valence-corrected chi connectivity index (χ4v) is 7.75. The van der Waals surface area contributed by atoms with E-state index < -0.39 is 11.4 Å². The number of carboxylic acids is 1. The van der Waals surface area contributed by atoms with Crippen LogP contribution in [-0.4, -0.2) is 11.8 Å². The Labute approximate surface area is 139 Å². The molecule has 2 bridgehead atoms. The highest BCUT2D eigenvalue weighted by atomic mass is 16.4. The Morgan fingerprint density at radius 2 is 1.74 bits per heavy atom. The molecular weight excluding hydrogens is 288 g/mol. The lowest BCUT2D eigenvalue weighted by Gasteiger charge is -2.64. The van der Waals surface area contributed by atoms with Crippen molar-refractivity contribution >= 4 is 11.8 Å². The second-order valence-corrected chi connectivity index (χ2v) is 9.95. The SMILES string of the molecule is C[C@@]12CC[C@H]3[C@@](CC[C@@H]4[C@@]3(C)CCC[C@@]4(C)C(=O)[O-])(CC1=O)C2. The van der Waals surface area contributed by atoms with Crippen molar-refractivity contribution in [2.75, 3.05) is 0 Å². The molecule has 1 spiro atoms. The number of aliphatic carboxylic acids is 1. The largest absolute Gasteiger partial charge is 0.550 e. The zero-order chi connectivity index (χ0) is 16.7. The molecule has 0 aromatic carbocycles. The van der Waals surface area contributed by atoms with Gasteiger partial charge in [0.1, 0.15) is 5.78 Å². The van der Waals surface area contributed by atoms with Gasteiger partial charge < -0.3 is 9.90 Å². The molecular formula is C20H29O3-. The van der Waals surface area contributed by atoms with E-state index >= 15 is 0 Å². The summed E-state index contributed by atoms with van der Waals surface area (Å²) in [4.78, 5) is 24.6. The van der Waals surface area contributed by atoms with E-state index in [1.807, 2.05) is 6.92 Å². The Kier molecular flexibility index (Phi) is 3.00. The second-order valence-electron chi connectivity index (χ2n) is 9.95. The number of fused-ring (bicyclic) bond motifs is 3. The van der Waals surface area contributed by atoms with Crippen LogP contribution in [0.2, 0.25) is 0 Å². The number of rotatable bonds is 1. The van der Waals surface area contributed by atoms with Gasteiger partial charge in [0.2, 0.25) is 0 Å². The molecule has 0 radical (unpaired) electrons. The summed E-state index contributed by atoms with van der Waals surface area (Å²) in [6.07, 6.45) is 8.77. The van der Waals surface area contributed by atoms with Crippen LogP contribution in [0.3, 0.4) is 0 Å². The molecule has 3 heteroatoms. The van der Waals surface area contributed by atoms with Crippen molar-refractivity contribution in [3.8, 4) is 0 Å². The Morgan fingerprint density at radius 3 is 2.43 bits per heavy atom. The third-order valence-electron chi connectivity index (χ3n) is 8.82. The molecule has 4 fully saturated rings. The number of ketones is 1. The third kappa shape index (κ3) is 1.77. The third-order valence-corrected chi connectivity index (χ3v) is 8.82. The Bertz CT molecular complexity index is 583. The molecule has 4 saturated carbocycles. The van der Waals surface area contributed by atoms with Crippen LogP contribution in [0.15, 0.2) is 0 Å². The molecule has 0 amide bonds. The number of carboxylic acid groups (broad SMARTS) is 1. The summed E-state index contributed by atoms with van der Waals surface area (Å²) in [6.45, 7) is 6.44. The molecule has 0 heterocycles. The maximum atomic E-state index is 12.6. The molecule has 0 aromatic heterocycles. The molecule has 0 N–H and O–H groups in total. The van der Waals surface area contributed by atoms with Crippen molar-refractivity contribution in [3.05, 3.63) is 0 Å². The molecule has 4 rings (SSSR count). The topological polar surface area (TPSA) is 57.2 Å². The molecule has 0 aromatic rings. The van der Waals surface area contributed by atoms with E-state index in [9.17, 15) is 14.7 Å². The van der Waals surface area contributed by atoms with Crippen LogP contribution in [0.4, 0.5) is 0 Å². The fraction of sp³-hybridized carbons (Fsp3) is 0.900. The van der Waals surface area contributed by atoms with Gasteiger partial charge in [-0.2, -0.15) is 0 Å². The van der Waals surface area contributed by atoms with Crippen LogP contribution < -0.4 is 5.11 Å². The van der Waals surface area contributed by atoms with E-state index in [0.717, 1.165) is 57.8 Å². The molecule has 23 heavy (non-hydrogen) atoms. The first-order valence-corrected chi connectivity index (χ1v) is 9.41. The van der Waals surface area contributed by atoms with Gasteiger partial charge in [-0.15, -0.1) is 0 Å². The molecule has 0 saturated heterocycles. The van der Waals surface area contributed by atoms with Gasteiger partial charge in [-0.05, 0) is 67.6 Å². The average Bonchev–Trinajstić information content (AvgIpc) is 2.63. The van der Waals surface area contributed by atoms with E-state index in [0.29, 0.717) is 11.7 Å². The van der Waals surface area contributed by atoms with Crippen molar-refractivity contribution in [1.82, 2.24) is 0 Å². The second kappa shape index (κ2) is 4.40. The smallest absolute Gasteiger partial charge is 0.139 e. The predicted molar refractivity (Wildman–Crippen MR) is 85.3 cm³/mol. The predicted octanol–water partition coefficient (Wildman–Crippen LogP) is 3.11. The summed E-state index contributed by atoms with van der Waals surface area (Å²) in [5.41, 5.74) is -0.541. The highest BCUT2D eigenvalue weighted by Gasteiger charge is 2.67. The Hall–Kier alpha value is -0.860. The van der Waals surface area contributed by atoms with Gasteiger partial charge in [0.05, 0.1) is 0 Å². The van der Waals surface area contributed by atoms with Crippen LogP contribution in [0.25, 0.3) is 0 Å². The van der Waals surface area contributed by atoms with Crippen molar-refractivity contribution < 1.29 is 14.7 Å². The van der Waals surface area contributed by atoms with Gasteiger partial charge in [0, 0.05) is 23.2 Å². The minimum absolute atomic E-state index is 0.0667. The van der Waals surface area contributed by atoms with Gasteiger partial charge >= 0.3 is 0 Å². The van der Waals surface area contributed by atoms with E-state index in [-0.39, 0.29) is 22.2 Å². The van der Waals surface area contributed by atoms with Crippen molar-refractivity contribution in [2.45, 2.75) is 78.6 Å². The summed E-state index contributed by atoms with van der Waals surface area (Å²) >= 11 is 0. The van der Waals surface area contributed by atoms with Gasteiger partial charge in [0.25, 0.3) is 0 Å². The summed E-state index contributed by atoms with van der Waals surface area (Å²) in [5.74, 6) is 0.352. The number of carbonyl (C=O) groups excluding carboxylic acids is 2. The van der Waals surface area contributed by atoms with Gasteiger partial charge in [-0.25, -0.2) is 0 Å². The normalized spacial score (nSPS) is 55.2. The minimum Gasteiger partial charge on any atom is -0.550 e. The van der Waals surface area contributed by atoms with E-state index in [2.05, 4.69) is 13.8 Å². The Balaban J connectivity index is 1.76. The molecule has 3 nitrogen and oxygen atoms in total. The van der Waals surface area contributed by atoms with E-state index in [1.54, 1.807) is 0 Å². The monoisotopic (exact) mass is 317 g/mol. The van der Waals surface area contributed by atoms with Crippen molar-refractivity contribution in [1.29, 1.82) is 0 Å². The summed E-state index contributed by atoms with van der Waals surface area (Å²) in [6, 6.07) is 0. The number of hydrogen-bond acceptors (Lipinski definition) is 3. The summed E-state index contributed by atoms with van der Waals surface area (Å²) in [5, 5.41) is 11.9. The molecule has 0 aliphatic heterocycles. The van der Waals surface area contributed by atoms with Crippen LogP contribution in [0, 0.1) is 33.5 Å². The maximum absolute atomic E-state index is 12.6. The van der Waals surface area contributed by atoms with Crippen LogP contribution in [0.5, 0.6) is 0 Å². The van der Waals surface area contributed by atoms with Crippen molar-refractivity contribution in [3.63, 3.8) is 0 Å². The molecule has 128 valence electrons. The first-order valence-electron chi connectivity index (χ1n) is 9.41. The zero-order valence-electron chi connectivity index (χ0n) is 14.7. The maximum Gasteiger partial charge on any atom is 0.139 e. The van der Waals surface area contributed by atoms with Crippen molar-refractivity contribution in [2.24, 2.45) is 33.5 Å². The van der Waals surface area contributed by atoms with Crippen LogP contribution >= 0.6 is 0 Å². The average molecular weight is 317 g/mol. The summed E-state index contributed by atoms with van der Waals surface area (Å²) < 4.78 is 0. The highest BCUT2D eigenvalue weighted by molar-refractivity contribution is 5.88. The van der Waals surface area contributed by atoms with Gasteiger partial charge in [-0.1, -0.05) is 27.2 Å². The molecule has 4 aliphatic carbocycles. The number of Topliss-reactive ketones (excluding diaryl/α,β-unsaturated/α-hetero) is 1. The number of carbonyl (C=O) groups is 2. The fourth-order valence-electron chi connectivity index (χ4n) is 7.75. The Morgan fingerprint density at radius 1 is 1.04 bits per heavy atom. The van der Waals surface area contributed by atoms with Gasteiger partial charge in [-0.3, -0.25) is 4.79 Å². The standard InChI is InChI=1S/C20H30O3/c1-17-9-5-14-18(2)7-4-8-19(3,16(22)23)13(18)6-10-20(14,12-17)11-15(17)21/h13-14H,4-12H2,1-3H3,(H,22,23)/p-1/t13-,14-,17+,18-,19-,20+/m1/s1. The summed E-state index contributed by atoms with van der Waals surface area (Å²) in [7, 11) is 0. The molecule has 0 unspecified atom stereocenters. The van der Waals surface area contributed by atoms with Gasteiger partial charge in [0.15, 0.2) is 0 Å². The zero-order valence-corrected chi connectivity index (χ0v) is 14.7. The lowest BCUT2D eigenvalue weighted by Crippen LogP contribution is -2.60. The number of hydrogen-bond donors (Lipinski definition) is 0. The lowest BCUT2D eigenvalue weighted by molar-refractivity contribution is -0.328. The quantitative estimate of drug-likeness (QED) is 0.746. The molecule has 4 aliphatic rings. The molecule has 6 atom stereocenters. The first-order chi connectivity index (χ1) is 10.7. The van der Waals surface area contributed by atoms with Crippen LogP contribution in [0.1, 0.15) is 78.6 Å². The van der Waals surface area contributed by atoms with E-state index in [1.165, 1.54) is 0 Å². The minimum atomic E-state index is -0.854. The highest BCUT2D eigenvalue weighted by Crippen LogP contribution is 2.72. The lowest BCUT2D eigenvalue weighted by atomic mass is 9.40. The first kappa shape index (κ1) is 15.7. The van der Waals surface area contributed by atoms with Crippen LogP contribution in [-0.2, 0) is 9.59 Å². The van der Waals surface area contributed by atoms with E-state index in [4.69, 9.17) is 0 Å².